The topological polar surface area (TPSA) is 61.4 Å². The lowest BCUT2D eigenvalue weighted by atomic mass is 10.0. The predicted molar refractivity (Wildman–Crippen MR) is 88.0 cm³/mol. The van der Waals surface area contributed by atoms with E-state index in [-0.39, 0.29) is 17.9 Å². The monoisotopic (exact) mass is 323 g/mol. The quantitative estimate of drug-likeness (QED) is 0.813. The Bertz CT molecular complexity index is 499. The van der Waals surface area contributed by atoms with Crippen molar-refractivity contribution in [2.24, 2.45) is 0 Å². The summed E-state index contributed by atoms with van der Waals surface area (Å²) in [6, 6.07) is 9.59. The third-order valence-corrected chi connectivity index (χ3v) is 3.92. The van der Waals surface area contributed by atoms with Crippen molar-refractivity contribution in [1.82, 2.24) is 10.2 Å². The van der Waals surface area contributed by atoms with Crippen LogP contribution in [0.3, 0.4) is 0 Å². The molecule has 0 bridgehead atoms. The molecule has 1 aliphatic rings. The molecule has 2 amide bonds. The van der Waals surface area contributed by atoms with Crippen molar-refractivity contribution >= 4 is 29.1 Å². The molecule has 1 saturated heterocycles. The molecule has 2 rings (SSSR count). The Labute approximate surface area is 136 Å². The lowest BCUT2D eigenvalue weighted by Gasteiger charge is -2.32. The number of nitrogens with zero attached hydrogens (tertiary/aromatic N) is 1. The van der Waals surface area contributed by atoms with Crippen LogP contribution in [0.4, 0.5) is 5.69 Å². The summed E-state index contributed by atoms with van der Waals surface area (Å²) < 4.78 is 0. The molecule has 5 nitrogen and oxygen atoms in total. The first kappa shape index (κ1) is 16.8. The second-order valence-corrected chi connectivity index (χ2v) is 6.24. The second kappa shape index (κ2) is 8.15. The van der Waals surface area contributed by atoms with Gasteiger partial charge >= 0.3 is 0 Å². The molecule has 1 fully saturated rings. The van der Waals surface area contributed by atoms with E-state index >= 15 is 0 Å². The highest BCUT2D eigenvalue weighted by molar-refractivity contribution is 6.30. The Morgan fingerprint density at radius 1 is 1.27 bits per heavy atom. The number of likely N-dealkylation sites (tertiary alicyclic amines) is 1. The number of para-hydroxylation sites is 1. The van der Waals surface area contributed by atoms with Crippen molar-refractivity contribution in [3.8, 4) is 0 Å². The smallest absolute Gasteiger partial charge is 0.238 e. The third kappa shape index (κ3) is 5.31. The number of hydrogen-bond acceptors (Lipinski definition) is 3. The molecule has 1 aromatic carbocycles. The van der Waals surface area contributed by atoms with E-state index in [9.17, 15) is 9.59 Å². The molecule has 22 heavy (non-hydrogen) atoms. The number of alkyl halides is 1. The fraction of sp³-hybridized carbons (Fsp3) is 0.500. The number of anilines is 1. The summed E-state index contributed by atoms with van der Waals surface area (Å²) in [6.07, 6.45) is 1.68. The van der Waals surface area contributed by atoms with Gasteiger partial charge in [0.05, 0.1) is 6.54 Å². The van der Waals surface area contributed by atoms with Gasteiger partial charge < -0.3 is 10.6 Å². The molecule has 0 radical (unpaired) electrons. The summed E-state index contributed by atoms with van der Waals surface area (Å²) in [5.74, 6) is -0.134. The summed E-state index contributed by atoms with van der Waals surface area (Å²) in [5, 5.41) is 5.31. The fourth-order valence-electron chi connectivity index (χ4n) is 2.48. The van der Waals surface area contributed by atoms with Gasteiger partial charge in [-0.1, -0.05) is 18.2 Å². The molecule has 6 heteroatoms. The van der Waals surface area contributed by atoms with E-state index < -0.39 is 5.38 Å². The largest absolute Gasteiger partial charge is 0.352 e. The number of nitrogens with one attached hydrogen (secondary N) is 2. The standard InChI is InChI=1S/C16H22ClN3O2/c1-12(17)16(22)19-14-7-9-20(10-8-14)11-15(21)18-13-5-3-2-4-6-13/h2-6,12,14H,7-11H2,1H3,(H,18,21)(H,19,22). The van der Waals surface area contributed by atoms with Crippen LogP contribution in [0.1, 0.15) is 19.8 Å². The van der Waals surface area contributed by atoms with E-state index in [1.54, 1.807) is 6.92 Å². The Balaban J connectivity index is 1.71. The molecule has 2 N–H and O–H groups in total. The molecule has 1 aromatic rings. The van der Waals surface area contributed by atoms with E-state index in [4.69, 9.17) is 11.6 Å². The molecule has 0 spiro atoms. The Hall–Kier alpha value is -1.59. The summed E-state index contributed by atoms with van der Waals surface area (Å²) >= 11 is 5.75. The van der Waals surface area contributed by atoms with Crippen LogP contribution in [-0.4, -0.2) is 47.8 Å². The zero-order valence-electron chi connectivity index (χ0n) is 12.7. The molecule has 1 heterocycles. The van der Waals surface area contributed by atoms with Gasteiger partial charge in [0, 0.05) is 24.8 Å². The van der Waals surface area contributed by atoms with Crippen LogP contribution in [0.15, 0.2) is 30.3 Å². The highest BCUT2D eigenvalue weighted by Gasteiger charge is 2.23. The number of hydrogen-bond donors (Lipinski definition) is 2. The van der Waals surface area contributed by atoms with Gasteiger partial charge in [0.1, 0.15) is 5.38 Å². The normalized spacial score (nSPS) is 17.7. The van der Waals surface area contributed by atoms with E-state index in [0.717, 1.165) is 31.6 Å². The van der Waals surface area contributed by atoms with Gasteiger partial charge in [0.25, 0.3) is 0 Å². The van der Waals surface area contributed by atoms with Crippen molar-refractivity contribution < 1.29 is 9.59 Å². The van der Waals surface area contributed by atoms with Crippen LogP contribution >= 0.6 is 11.6 Å². The Morgan fingerprint density at radius 2 is 1.91 bits per heavy atom. The Kier molecular flexibility index (Phi) is 6.21. The molecular formula is C16H22ClN3O2. The van der Waals surface area contributed by atoms with Crippen LogP contribution in [0.25, 0.3) is 0 Å². The van der Waals surface area contributed by atoms with Crippen LogP contribution in [0.2, 0.25) is 0 Å². The molecule has 1 atom stereocenters. The van der Waals surface area contributed by atoms with Gasteiger partial charge in [0.2, 0.25) is 11.8 Å². The third-order valence-electron chi connectivity index (χ3n) is 3.72. The highest BCUT2D eigenvalue weighted by Crippen LogP contribution is 2.11. The molecule has 0 aliphatic carbocycles. The maximum atomic E-state index is 12.0. The van der Waals surface area contributed by atoms with Gasteiger partial charge in [-0.25, -0.2) is 0 Å². The predicted octanol–water partition coefficient (Wildman–Crippen LogP) is 1.83. The maximum absolute atomic E-state index is 12.0. The lowest BCUT2D eigenvalue weighted by molar-refractivity contribution is -0.122. The lowest BCUT2D eigenvalue weighted by Crippen LogP contribution is -2.47. The minimum absolute atomic E-state index is 0.0111. The van der Waals surface area contributed by atoms with Crippen LogP contribution in [0.5, 0.6) is 0 Å². The van der Waals surface area contributed by atoms with E-state index in [1.165, 1.54) is 0 Å². The molecule has 0 saturated carbocycles. The second-order valence-electron chi connectivity index (χ2n) is 5.59. The van der Waals surface area contributed by atoms with Crippen molar-refractivity contribution in [3.63, 3.8) is 0 Å². The zero-order chi connectivity index (χ0) is 15.9. The first-order valence-corrected chi connectivity index (χ1v) is 8.00. The first-order valence-electron chi connectivity index (χ1n) is 7.56. The summed E-state index contributed by atoms with van der Waals surface area (Å²) in [5.41, 5.74) is 0.811. The molecule has 1 aliphatic heterocycles. The number of halogens is 1. The van der Waals surface area contributed by atoms with Gasteiger partial charge in [-0.2, -0.15) is 0 Å². The van der Waals surface area contributed by atoms with Crippen molar-refractivity contribution in [2.75, 3.05) is 25.0 Å². The van der Waals surface area contributed by atoms with Crippen molar-refractivity contribution in [2.45, 2.75) is 31.2 Å². The number of rotatable bonds is 5. The molecule has 120 valence electrons. The van der Waals surface area contributed by atoms with Crippen LogP contribution in [0, 0.1) is 0 Å². The van der Waals surface area contributed by atoms with Gasteiger partial charge in [0.15, 0.2) is 0 Å². The zero-order valence-corrected chi connectivity index (χ0v) is 13.5. The van der Waals surface area contributed by atoms with Gasteiger partial charge in [-0.15, -0.1) is 11.6 Å². The summed E-state index contributed by atoms with van der Waals surface area (Å²) in [6.45, 7) is 3.63. The van der Waals surface area contributed by atoms with Gasteiger partial charge in [-0.3, -0.25) is 14.5 Å². The highest BCUT2D eigenvalue weighted by atomic mass is 35.5. The summed E-state index contributed by atoms with van der Waals surface area (Å²) in [4.78, 5) is 25.6. The number of piperidine rings is 1. The SMILES string of the molecule is CC(Cl)C(=O)NC1CCN(CC(=O)Nc2ccccc2)CC1. The van der Waals surface area contributed by atoms with Crippen LogP contribution in [-0.2, 0) is 9.59 Å². The first-order chi connectivity index (χ1) is 10.5. The average molecular weight is 324 g/mol. The number of carbonyl (C=O) groups is 2. The molecule has 1 unspecified atom stereocenters. The molecule has 0 aromatic heterocycles. The minimum Gasteiger partial charge on any atom is -0.352 e. The number of carbonyl (C=O) groups excluding carboxylic acids is 2. The van der Waals surface area contributed by atoms with Crippen LogP contribution < -0.4 is 10.6 Å². The van der Waals surface area contributed by atoms with E-state index in [2.05, 4.69) is 15.5 Å². The average Bonchev–Trinajstić information content (AvgIpc) is 2.50. The number of benzene rings is 1. The maximum Gasteiger partial charge on any atom is 0.238 e. The molecular weight excluding hydrogens is 302 g/mol. The fourth-order valence-corrected chi connectivity index (χ4v) is 2.54. The van der Waals surface area contributed by atoms with E-state index in [1.807, 2.05) is 30.3 Å². The summed E-state index contributed by atoms with van der Waals surface area (Å²) in [7, 11) is 0. The Morgan fingerprint density at radius 3 is 2.50 bits per heavy atom. The van der Waals surface area contributed by atoms with Crippen molar-refractivity contribution in [1.29, 1.82) is 0 Å². The van der Waals surface area contributed by atoms with Crippen molar-refractivity contribution in [3.05, 3.63) is 30.3 Å². The number of amides is 2. The van der Waals surface area contributed by atoms with E-state index in [0.29, 0.717) is 6.54 Å². The minimum atomic E-state index is -0.505. The van der Waals surface area contributed by atoms with Gasteiger partial charge in [-0.05, 0) is 31.9 Å².